The van der Waals surface area contributed by atoms with Gasteiger partial charge in [-0.25, -0.2) is 4.98 Å². The van der Waals surface area contributed by atoms with Gasteiger partial charge in [-0.15, -0.1) is 0 Å². The number of nitrogens with zero attached hydrogens (tertiary/aromatic N) is 2. The molecule has 2 aromatic heterocycles. The van der Waals surface area contributed by atoms with Gasteiger partial charge in [0.1, 0.15) is 5.65 Å². The Labute approximate surface area is 104 Å². The van der Waals surface area contributed by atoms with E-state index in [1.807, 2.05) is 0 Å². The number of rotatable bonds is 0. The molecule has 0 amide bonds. The summed E-state index contributed by atoms with van der Waals surface area (Å²) in [4.78, 5) is 4.75. The Bertz CT molecular complexity index is 544. The summed E-state index contributed by atoms with van der Waals surface area (Å²) in [6.07, 6.45) is 4.54. The van der Waals surface area contributed by atoms with E-state index < -0.39 is 0 Å². The van der Waals surface area contributed by atoms with Gasteiger partial charge in [0, 0.05) is 22.3 Å². The van der Waals surface area contributed by atoms with Crippen LogP contribution in [0.25, 0.3) is 5.65 Å². The van der Waals surface area contributed by atoms with Crippen molar-refractivity contribution in [2.75, 3.05) is 0 Å². The van der Waals surface area contributed by atoms with Crippen LogP contribution in [-0.2, 0) is 6.42 Å². The maximum absolute atomic E-state index is 4.75. The standard InChI is InChI=1S/C13H15BrN2/c1-8-5-9(2)13-11(6-8)16-7-10(14)3-4-12(16)15-13/h3-4,7-9H,5-6H2,1-2H3. The quantitative estimate of drug-likeness (QED) is 0.717. The third-order valence-electron chi connectivity index (χ3n) is 3.48. The maximum atomic E-state index is 4.75. The number of hydrogen-bond donors (Lipinski definition) is 0. The number of imidazole rings is 1. The summed E-state index contributed by atoms with van der Waals surface area (Å²) in [6.45, 7) is 4.62. The number of halogens is 1. The van der Waals surface area contributed by atoms with Crippen molar-refractivity contribution in [3.8, 4) is 0 Å². The lowest BCUT2D eigenvalue weighted by molar-refractivity contribution is 0.438. The smallest absolute Gasteiger partial charge is 0.137 e. The van der Waals surface area contributed by atoms with Crippen molar-refractivity contribution in [3.63, 3.8) is 0 Å². The second kappa shape index (κ2) is 3.59. The number of pyridine rings is 1. The molecule has 0 aliphatic heterocycles. The van der Waals surface area contributed by atoms with Gasteiger partial charge in [-0.3, -0.25) is 0 Å². The lowest BCUT2D eigenvalue weighted by atomic mass is 9.84. The number of hydrogen-bond acceptors (Lipinski definition) is 1. The highest BCUT2D eigenvalue weighted by atomic mass is 79.9. The lowest BCUT2D eigenvalue weighted by Crippen LogP contribution is -2.15. The molecule has 1 aliphatic rings. The Morgan fingerprint density at radius 2 is 2.19 bits per heavy atom. The molecule has 2 heterocycles. The zero-order chi connectivity index (χ0) is 11.3. The number of aromatic nitrogens is 2. The molecule has 2 nitrogen and oxygen atoms in total. The fourth-order valence-electron chi connectivity index (χ4n) is 2.81. The van der Waals surface area contributed by atoms with Crippen molar-refractivity contribution in [2.45, 2.75) is 32.6 Å². The van der Waals surface area contributed by atoms with Crippen LogP contribution in [0.15, 0.2) is 22.8 Å². The predicted molar refractivity (Wildman–Crippen MR) is 68.8 cm³/mol. The summed E-state index contributed by atoms with van der Waals surface area (Å²) in [6, 6.07) is 4.14. The van der Waals surface area contributed by atoms with Crippen molar-refractivity contribution in [3.05, 3.63) is 34.2 Å². The van der Waals surface area contributed by atoms with Crippen LogP contribution in [0, 0.1) is 5.92 Å². The normalized spacial score (nSPS) is 24.7. The minimum atomic E-state index is 0.595. The van der Waals surface area contributed by atoms with Crippen molar-refractivity contribution >= 4 is 21.6 Å². The first-order chi connectivity index (χ1) is 7.65. The molecule has 0 aromatic carbocycles. The molecule has 3 heteroatoms. The molecule has 0 saturated carbocycles. The highest BCUT2D eigenvalue weighted by Crippen LogP contribution is 2.34. The van der Waals surface area contributed by atoms with Crippen molar-refractivity contribution < 1.29 is 0 Å². The molecule has 0 fully saturated rings. The molecule has 0 bridgehead atoms. The third kappa shape index (κ3) is 1.49. The maximum Gasteiger partial charge on any atom is 0.137 e. The van der Waals surface area contributed by atoms with Gasteiger partial charge in [-0.2, -0.15) is 0 Å². The van der Waals surface area contributed by atoms with E-state index in [4.69, 9.17) is 4.98 Å². The van der Waals surface area contributed by atoms with Gasteiger partial charge >= 0.3 is 0 Å². The molecule has 3 rings (SSSR count). The molecular formula is C13H15BrN2. The summed E-state index contributed by atoms with van der Waals surface area (Å²) in [5.41, 5.74) is 3.79. The van der Waals surface area contributed by atoms with Crippen LogP contribution in [0.3, 0.4) is 0 Å². The van der Waals surface area contributed by atoms with Gasteiger partial charge in [0.25, 0.3) is 0 Å². The molecule has 2 atom stereocenters. The molecule has 2 aromatic rings. The largest absolute Gasteiger partial charge is 0.303 e. The molecular weight excluding hydrogens is 264 g/mol. The molecule has 16 heavy (non-hydrogen) atoms. The summed E-state index contributed by atoms with van der Waals surface area (Å²) in [5, 5.41) is 0. The fourth-order valence-corrected chi connectivity index (χ4v) is 3.15. The zero-order valence-electron chi connectivity index (χ0n) is 9.57. The molecule has 1 aliphatic carbocycles. The Hall–Kier alpha value is -0.830. The summed E-state index contributed by atoms with van der Waals surface area (Å²) < 4.78 is 3.36. The van der Waals surface area contributed by atoms with Crippen LogP contribution in [0.2, 0.25) is 0 Å². The van der Waals surface area contributed by atoms with Crippen molar-refractivity contribution in [1.29, 1.82) is 0 Å². The zero-order valence-corrected chi connectivity index (χ0v) is 11.2. The van der Waals surface area contributed by atoms with E-state index in [2.05, 4.69) is 52.5 Å². The average molecular weight is 279 g/mol. The molecule has 84 valence electrons. The van der Waals surface area contributed by atoms with Crippen molar-refractivity contribution in [1.82, 2.24) is 9.38 Å². The van der Waals surface area contributed by atoms with E-state index in [0.717, 1.165) is 22.5 Å². The van der Waals surface area contributed by atoms with E-state index in [0.29, 0.717) is 5.92 Å². The van der Waals surface area contributed by atoms with Crippen LogP contribution in [0.1, 0.15) is 37.6 Å². The van der Waals surface area contributed by atoms with E-state index in [9.17, 15) is 0 Å². The van der Waals surface area contributed by atoms with Crippen LogP contribution in [-0.4, -0.2) is 9.38 Å². The van der Waals surface area contributed by atoms with Gasteiger partial charge in [0.15, 0.2) is 0 Å². The Morgan fingerprint density at radius 1 is 1.38 bits per heavy atom. The van der Waals surface area contributed by atoms with Crippen LogP contribution < -0.4 is 0 Å². The Balaban J connectivity index is 2.27. The molecule has 0 spiro atoms. The highest BCUT2D eigenvalue weighted by molar-refractivity contribution is 9.10. The first kappa shape index (κ1) is 10.3. The third-order valence-corrected chi connectivity index (χ3v) is 3.95. The molecule has 0 saturated heterocycles. The second-order valence-electron chi connectivity index (χ2n) is 4.97. The second-order valence-corrected chi connectivity index (χ2v) is 5.88. The van der Waals surface area contributed by atoms with Crippen LogP contribution >= 0.6 is 15.9 Å². The molecule has 2 unspecified atom stereocenters. The first-order valence-electron chi connectivity index (χ1n) is 5.81. The fraction of sp³-hybridized carbons (Fsp3) is 0.462. The summed E-state index contributed by atoms with van der Waals surface area (Å²) in [5.74, 6) is 1.36. The van der Waals surface area contributed by atoms with Gasteiger partial charge in [0.2, 0.25) is 0 Å². The minimum absolute atomic E-state index is 0.595. The first-order valence-corrected chi connectivity index (χ1v) is 6.61. The Morgan fingerprint density at radius 3 is 3.00 bits per heavy atom. The molecule has 0 N–H and O–H groups in total. The van der Waals surface area contributed by atoms with Crippen LogP contribution in [0.4, 0.5) is 0 Å². The topological polar surface area (TPSA) is 17.3 Å². The van der Waals surface area contributed by atoms with Gasteiger partial charge in [-0.05, 0) is 46.8 Å². The highest BCUT2D eigenvalue weighted by Gasteiger charge is 2.25. The number of fused-ring (bicyclic) bond motifs is 3. The summed E-state index contributed by atoms with van der Waals surface area (Å²) >= 11 is 3.53. The van der Waals surface area contributed by atoms with Gasteiger partial charge < -0.3 is 4.40 Å². The van der Waals surface area contributed by atoms with Crippen LogP contribution in [0.5, 0.6) is 0 Å². The van der Waals surface area contributed by atoms with Gasteiger partial charge in [-0.1, -0.05) is 13.8 Å². The predicted octanol–water partition coefficient (Wildman–Crippen LogP) is 3.78. The van der Waals surface area contributed by atoms with E-state index in [1.165, 1.54) is 17.8 Å². The van der Waals surface area contributed by atoms with Gasteiger partial charge in [0.05, 0.1) is 5.69 Å². The SMILES string of the molecule is CC1Cc2c(nc3ccc(Br)cn23)C(C)C1. The minimum Gasteiger partial charge on any atom is -0.303 e. The monoisotopic (exact) mass is 278 g/mol. The summed E-state index contributed by atoms with van der Waals surface area (Å²) in [7, 11) is 0. The lowest BCUT2D eigenvalue weighted by Gasteiger charge is -2.23. The van der Waals surface area contributed by atoms with E-state index in [1.54, 1.807) is 0 Å². The van der Waals surface area contributed by atoms with E-state index >= 15 is 0 Å². The Kier molecular flexibility index (Phi) is 2.32. The van der Waals surface area contributed by atoms with E-state index in [-0.39, 0.29) is 0 Å². The van der Waals surface area contributed by atoms with Crippen molar-refractivity contribution in [2.24, 2.45) is 5.92 Å². The molecule has 0 radical (unpaired) electrons. The average Bonchev–Trinajstić information content (AvgIpc) is 2.57.